The first-order chi connectivity index (χ1) is 6.00. The van der Waals surface area contributed by atoms with Crippen molar-refractivity contribution >= 4 is 14.1 Å². The molecule has 0 unspecified atom stereocenters. The molecule has 0 fully saturated rings. The summed E-state index contributed by atoms with van der Waals surface area (Å²) in [5.41, 5.74) is 7.20. The fourth-order valence-electron chi connectivity index (χ4n) is 0.945. The highest BCUT2D eigenvalue weighted by molar-refractivity contribution is 6.83. The van der Waals surface area contributed by atoms with Crippen LogP contribution in [0.15, 0.2) is 35.7 Å². The van der Waals surface area contributed by atoms with Crippen LogP contribution in [0.25, 0.3) is 6.08 Å². The summed E-state index contributed by atoms with van der Waals surface area (Å²) in [6.07, 6.45) is 2.09. The van der Waals surface area contributed by atoms with E-state index in [0.29, 0.717) is 0 Å². The summed E-state index contributed by atoms with van der Waals surface area (Å²) in [5, 5.41) is 1.05. The summed E-state index contributed by atoms with van der Waals surface area (Å²) in [6.45, 7) is 6.76. The molecule has 0 atom stereocenters. The van der Waals surface area contributed by atoms with E-state index >= 15 is 0 Å². The van der Waals surface area contributed by atoms with Gasteiger partial charge in [0.15, 0.2) is 0 Å². The lowest BCUT2D eigenvalue weighted by Crippen LogP contribution is -2.29. The van der Waals surface area contributed by atoms with Gasteiger partial charge in [-0.2, -0.15) is 0 Å². The molecule has 0 heterocycles. The number of benzene rings is 1. The lowest BCUT2D eigenvalue weighted by molar-refractivity contribution is 1.46. The smallest absolute Gasteiger partial charge is 0.0974 e. The molecule has 0 radical (unpaired) electrons. The molecule has 1 aromatic rings. The van der Waals surface area contributed by atoms with E-state index in [1.807, 2.05) is 18.2 Å². The van der Waals surface area contributed by atoms with Crippen LogP contribution in [0.2, 0.25) is 19.6 Å². The van der Waals surface area contributed by atoms with Crippen molar-refractivity contribution in [1.29, 1.82) is 0 Å². The van der Waals surface area contributed by atoms with E-state index in [1.54, 1.807) is 0 Å². The largest absolute Gasteiger partial charge is 0.406 e. The van der Waals surface area contributed by atoms with Crippen LogP contribution < -0.4 is 5.73 Å². The molecule has 2 heteroatoms. The van der Waals surface area contributed by atoms with E-state index in [2.05, 4.69) is 37.8 Å². The predicted molar refractivity (Wildman–Crippen MR) is 62.0 cm³/mol. The predicted octanol–water partition coefficient (Wildman–Crippen LogP) is 2.86. The maximum Gasteiger partial charge on any atom is 0.0974 e. The number of hydrogen-bond acceptors (Lipinski definition) is 1. The van der Waals surface area contributed by atoms with Crippen molar-refractivity contribution in [1.82, 2.24) is 0 Å². The standard InChI is InChI=1S/C11H17NSi/c1-13(2,3)11(12)9-10-7-5-4-6-8-10/h4-9H,12H2,1-3H3. The Hall–Kier alpha value is -1.02. The second-order valence-electron chi connectivity index (χ2n) is 4.26. The lowest BCUT2D eigenvalue weighted by atomic mass is 10.2. The van der Waals surface area contributed by atoms with Gasteiger partial charge in [-0.3, -0.25) is 0 Å². The maximum atomic E-state index is 6.01. The van der Waals surface area contributed by atoms with Crippen LogP contribution in [-0.4, -0.2) is 8.07 Å². The molecule has 0 amide bonds. The minimum Gasteiger partial charge on any atom is -0.406 e. The van der Waals surface area contributed by atoms with Crippen molar-refractivity contribution in [2.24, 2.45) is 5.73 Å². The fourth-order valence-corrected chi connectivity index (χ4v) is 1.55. The average Bonchev–Trinajstić information content (AvgIpc) is 2.04. The molecule has 1 nitrogen and oxygen atoms in total. The van der Waals surface area contributed by atoms with Crippen molar-refractivity contribution < 1.29 is 0 Å². The van der Waals surface area contributed by atoms with E-state index in [4.69, 9.17) is 5.73 Å². The Balaban J connectivity index is 2.90. The number of rotatable bonds is 2. The highest BCUT2D eigenvalue weighted by atomic mass is 28.3. The average molecular weight is 191 g/mol. The van der Waals surface area contributed by atoms with Gasteiger partial charge in [-0.05, 0) is 17.0 Å². The first kappa shape index (κ1) is 10.1. The highest BCUT2D eigenvalue weighted by Crippen LogP contribution is 2.12. The summed E-state index contributed by atoms with van der Waals surface area (Å²) >= 11 is 0. The van der Waals surface area contributed by atoms with Crippen molar-refractivity contribution in [3.05, 3.63) is 41.2 Å². The topological polar surface area (TPSA) is 26.0 Å². The van der Waals surface area contributed by atoms with Crippen molar-refractivity contribution in [2.75, 3.05) is 0 Å². The zero-order valence-electron chi connectivity index (χ0n) is 8.54. The molecule has 0 aliphatic carbocycles. The van der Waals surface area contributed by atoms with Gasteiger partial charge in [-0.15, -0.1) is 0 Å². The van der Waals surface area contributed by atoms with Gasteiger partial charge in [0.1, 0.15) is 0 Å². The summed E-state index contributed by atoms with van der Waals surface area (Å²) in [7, 11) is -1.30. The molecule has 0 saturated heterocycles. The van der Waals surface area contributed by atoms with Crippen LogP contribution in [0, 0.1) is 0 Å². The molecule has 0 aliphatic rings. The zero-order chi connectivity index (χ0) is 9.90. The zero-order valence-corrected chi connectivity index (χ0v) is 9.54. The SMILES string of the molecule is C[Si](C)(C)C(N)=Cc1ccccc1. The highest BCUT2D eigenvalue weighted by Gasteiger charge is 2.15. The molecule has 1 rings (SSSR count). The van der Waals surface area contributed by atoms with Crippen LogP contribution in [0.4, 0.5) is 0 Å². The van der Waals surface area contributed by atoms with E-state index in [9.17, 15) is 0 Å². The minimum atomic E-state index is -1.30. The van der Waals surface area contributed by atoms with Crippen molar-refractivity contribution in [2.45, 2.75) is 19.6 Å². The Morgan fingerprint density at radius 1 is 1.15 bits per heavy atom. The lowest BCUT2D eigenvalue weighted by Gasteiger charge is -2.16. The summed E-state index contributed by atoms with van der Waals surface area (Å²) in [4.78, 5) is 0. The summed E-state index contributed by atoms with van der Waals surface area (Å²) < 4.78 is 0. The van der Waals surface area contributed by atoms with Crippen LogP contribution in [0.3, 0.4) is 0 Å². The molecule has 0 aromatic heterocycles. The van der Waals surface area contributed by atoms with E-state index in [-0.39, 0.29) is 0 Å². The Morgan fingerprint density at radius 2 is 1.69 bits per heavy atom. The van der Waals surface area contributed by atoms with Gasteiger partial charge < -0.3 is 5.73 Å². The van der Waals surface area contributed by atoms with Crippen LogP contribution in [0.5, 0.6) is 0 Å². The third-order valence-electron chi connectivity index (χ3n) is 1.99. The number of hydrogen-bond donors (Lipinski definition) is 1. The van der Waals surface area contributed by atoms with Gasteiger partial charge in [0.2, 0.25) is 0 Å². The molecule has 2 N–H and O–H groups in total. The van der Waals surface area contributed by atoms with Crippen LogP contribution in [-0.2, 0) is 0 Å². The molecule has 0 bridgehead atoms. The molecule has 0 aliphatic heterocycles. The molecule has 13 heavy (non-hydrogen) atoms. The van der Waals surface area contributed by atoms with Gasteiger partial charge >= 0.3 is 0 Å². The second-order valence-corrected chi connectivity index (χ2v) is 9.34. The minimum absolute atomic E-state index is 1.05. The third-order valence-corrected chi connectivity index (χ3v) is 3.86. The quantitative estimate of drug-likeness (QED) is 0.715. The van der Waals surface area contributed by atoms with Gasteiger partial charge in [0.25, 0.3) is 0 Å². The number of nitrogens with two attached hydrogens (primary N) is 1. The Morgan fingerprint density at radius 3 is 2.15 bits per heavy atom. The Bertz CT molecular complexity index is 296. The van der Waals surface area contributed by atoms with Gasteiger partial charge in [0.05, 0.1) is 8.07 Å². The monoisotopic (exact) mass is 191 g/mol. The normalized spacial score (nSPS) is 13.0. The first-order valence-electron chi connectivity index (χ1n) is 4.53. The summed E-state index contributed by atoms with van der Waals surface area (Å²) in [5.74, 6) is 0. The Labute approximate surface area is 81.3 Å². The van der Waals surface area contributed by atoms with Crippen LogP contribution >= 0.6 is 0 Å². The molecule has 0 saturated carbocycles. The first-order valence-corrected chi connectivity index (χ1v) is 8.03. The summed E-state index contributed by atoms with van der Waals surface area (Å²) in [6, 6.07) is 10.2. The fraction of sp³-hybridized carbons (Fsp3) is 0.273. The van der Waals surface area contributed by atoms with Crippen molar-refractivity contribution in [3.63, 3.8) is 0 Å². The van der Waals surface area contributed by atoms with E-state index in [1.165, 1.54) is 5.56 Å². The third kappa shape index (κ3) is 3.07. The Kier molecular flexibility index (Phi) is 2.93. The molecule has 70 valence electrons. The van der Waals surface area contributed by atoms with Gasteiger partial charge in [-0.25, -0.2) is 0 Å². The van der Waals surface area contributed by atoms with Crippen molar-refractivity contribution in [3.8, 4) is 0 Å². The van der Waals surface area contributed by atoms with Gasteiger partial charge in [-0.1, -0.05) is 50.0 Å². The van der Waals surface area contributed by atoms with Gasteiger partial charge in [0, 0.05) is 0 Å². The molecular weight excluding hydrogens is 174 g/mol. The van der Waals surface area contributed by atoms with E-state index < -0.39 is 8.07 Å². The molecule has 0 spiro atoms. The van der Waals surface area contributed by atoms with E-state index in [0.717, 1.165) is 5.32 Å². The molecular formula is C11H17NSi. The second kappa shape index (κ2) is 3.79. The van der Waals surface area contributed by atoms with Crippen LogP contribution in [0.1, 0.15) is 5.56 Å². The maximum absolute atomic E-state index is 6.01. The molecule has 1 aromatic carbocycles.